The van der Waals surface area contributed by atoms with Gasteiger partial charge >= 0.3 is 0 Å². The van der Waals surface area contributed by atoms with E-state index >= 15 is 0 Å². The number of nitrogens with one attached hydrogen (secondary N) is 2. The number of aryl methyl sites for hydroxylation is 1. The number of nitrogens with zero attached hydrogens (tertiary/aromatic N) is 1. The van der Waals surface area contributed by atoms with Gasteiger partial charge < -0.3 is 5.32 Å². The molecule has 0 atom stereocenters. The normalized spacial score (nSPS) is 13.7. The van der Waals surface area contributed by atoms with Gasteiger partial charge in [-0.25, -0.2) is 13.1 Å². The van der Waals surface area contributed by atoms with Crippen molar-refractivity contribution in [1.82, 2.24) is 10.0 Å². The molecule has 152 valence electrons. The van der Waals surface area contributed by atoms with Gasteiger partial charge in [0.05, 0.1) is 16.5 Å². The number of thioether (sulfide) groups is 1. The number of hydrogen-bond acceptors (Lipinski definition) is 5. The molecule has 2 N–H and O–H groups in total. The highest BCUT2D eigenvalue weighted by Crippen LogP contribution is 2.23. The van der Waals surface area contributed by atoms with Gasteiger partial charge in [0.2, 0.25) is 10.0 Å². The molecule has 1 aliphatic carbocycles. The minimum atomic E-state index is -3.60. The number of sulfonamides is 1. The summed E-state index contributed by atoms with van der Waals surface area (Å²) in [6.07, 6.45) is 1.71. The second-order valence-electron chi connectivity index (χ2n) is 6.95. The van der Waals surface area contributed by atoms with Gasteiger partial charge in [-0.3, -0.25) is 4.79 Å². The summed E-state index contributed by atoms with van der Waals surface area (Å²) in [5.41, 5.74) is 2.73. The average Bonchev–Trinajstić information content (AvgIpc) is 3.51. The topological polar surface area (TPSA) is 99.1 Å². The van der Waals surface area contributed by atoms with Crippen LogP contribution in [0.2, 0.25) is 0 Å². The lowest BCUT2D eigenvalue weighted by molar-refractivity contribution is 0.0955. The summed E-state index contributed by atoms with van der Waals surface area (Å²) in [5.74, 6) is 1.09. The van der Waals surface area contributed by atoms with E-state index in [4.69, 9.17) is 5.26 Å². The van der Waals surface area contributed by atoms with Crippen molar-refractivity contribution in [3.8, 4) is 6.07 Å². The number of amides is 1. The number of carbonyl (C=O) groups is 1. The molecular weight excluding hydrogens is 406 g/mol. The van der Waals surface area contributed by atoms with Crippen LogP contribution in [0.15, 0.2) is 47.4 Å². The number of carbonyl (C=O) groups excluding carboxylic acids is 1. The van der Waals surface area contributed by atoms with E-state index in [1.807, 2.05) is 18.2 Å². The molecule has 1 aliphatic rings. The molecule has 1 saturated carbocycles. The molecule has 2 aromatic rings. The molecule has 0 radical (unpaired) electrons. The highest BCUT2D eigenvalue weighted by atomic mass is 32.2. The van der Waals surface area contributed by atoms with Crippen molar-refractivity contribution in [2.45, 2.75) is 36.5 Å². The summed E-state index contributed by atoms with van der Waals surface area (Å²) in [7, 11) is -3.60. The van der Waals surface area contributed by atoms with Gasteiger partial charge in [-0.15, -0.1) is 0 Å². The zero-order valence-corrected chi connectivity index (χ0v) is 17.8. The highest BCUT2D eigenvalue weighted by Gasteiger charge is 2.28. The summed E-state index contributed by atoms with van der Waals surface area (Å²) in [4.78, 5) is 12.6. The quantitative estimate of drug-likeness (QED) is 0.597. The van der Waals surface area contributed by atoms with Gasteiger partial charge in [0.25, 0.3) is 5.91 Å². The van der Waals surface area contributed by atoms with Gasteiger partial charge in [0.1, 0.15) is 0 Å². The van der Waals surface area contributed by atoms with Crippen molar-refractivity contribution < 1.29 is 13.2 Å². The Hall–Kier alpha value is -2.34. The van der Waals surface area contributed by atoms with Crippen LogP contribution >= 0.6 is 11.8 Å². The first-order valence-electron chi connectivity index (χ1n) is 9.37. The Balaban J connectivity index is 1.54. The zero-order valence-electron chi connectivity index (χ0n) is 16.1. The van der Waals surface area contributed by atoms with Crippen molar-refractivity contribution in [2.75, 3.05) is 12.3 Å². The fourth-order valence-electron chi connectivity index (χ4n) is 2.77. The smallest absolute Gasteiger partial charge is 0.251 e. The van der Waals surface area contributed by atoms with Crippen LogP contribution in [0.3, 0.4) is 0 Å². The van der Waals surface area contributed by atoms with Crippen molar-refractivity contribution >= 4 is 27.7 Å². The van der Waals surface area contributed by atoms with E-state index in [1.54, 1.807) is 30.8 Å². The maximum atomic E-state index is 12.5. The molecule has 0 spiro atoms. The first kappa shape index (κ1) is 21.4. The third-order valence-electron chi connectivity index (χ3n) is 4.59. The number of nitriles is 1. The molecule has 8 heteroatoms. The fraction of sp³-hybridized carbons (Fsp3) is 0.333. The monoisotopic (exact) mass is 429 g/mol. The number of hydrogen-bond donors (Lipinski definition) is 2. The Kier molecular flexibility index (Phi) is 6.96. The minimum Gasteiger partial charge on any atom is -0.351 e. The van der Waals surface area contributed by atoms with E-state index < -0.39 is 10.0 Å². The maximum absolute atomic E-state index is 12.5. The Bertz CT molecular complexity index is 1040. The molecule has 0 unspecified atom stereocenters. The van der Waals surface area contributed by atoms with Gasteiger partial charge in [-0.1, -0.05) is 24.3 Å². The van der Waals surface area contributed by atoms with Crippen LogP contribution in [0.25, 0.3) is 0 Å². The minimum absolute atomic E-state index is 0.0155. The molecule has 0 saturated heterocycles. The van der Waals surface area contributed by atoms with Crippen LogP contribution in [0.4, 0.5) is 0 Å². The molecule has 0 heterocycles. The molecule has 0 bridgehead atoms. The van der Waals surface area contributed by atoms with Crippen LogP contribution in [-0.4, -0.2) is 32.7 Å². The van der Waals surface area contributed by atoms with Gasteiger partial charge in [0, 0.05) is 29.7 Å². The lowest BCUT2D eigenvalue weighted by Crippen LogP contribution is -2.28. The third-order valence-corrected chi connectivity index (χ3v) is 7.12. The van der Waals surface area contributed by atoms with E-state index in [0.29, 0.717) is 29.2 Å². The lowest BCUT2D eigenvalue weighted by atomic mass is 10.1. The Morgan fingerprint density at radius 1 is 1.24 bits per heavy atom. The largest absolute Gasteiger partial charge is 0.351 e. The van der Waals surface area contributed by atoms with E-state index in [2.05, 4.69) is 16.1 Å². The molecule has 0 aromatic heterocycles. The molecule has 1 fully saturated rings. The van der Waals surface area contributed by atoms with Gasteiger partial charge in [-0.2, -0.15) is 17.0 Å². The van der Waals surface area contributed by atoms with Crippen LogP contribution in [0.5, 0.6) is 0 Å². The maximum Gasteiger partial charge on any atom is 0.251 e. The van der Waals surface area contributed by atoms with E-state index in [-0.39, 0.29) is 16.8 Å². The first-order valence-corrected chi connectivity index (χ1v) is 12.0. The lowest BCUT2D eigenvalue weighted by Gasteiger charge is -2.11. The summed E-state index contributed by atoms with van der Waals surface area (Å²) in [6, 6.07) is 14.3. The second-order valence-corrected chi connectivity index (χ2v) is 9.77. The van der Waals surface area contributed by atoms with E-state index in [1.165, 1.54) is 12.1 Å². The Labute approximate surface area is 175 Å². The number of rotatable bonds is 9. The molecule has 0 aliphatic heterocycles. The molecule has 2 aromatic carbocycles. The van der Waals surface area contributed by atoms with E-state index in [0.717, 1.165) is 24.0 Å². The SMILES string of the molecule is Cc1ccc(S(=O)(=O)NC2CC2)cc1C(=O)NCCSCc1ccccc1C#N. The Morgan fingerprint density at radius 2 is 2.00 bits per heavy atom. The van der Waals surface area contributed by atoms with Crippen LogP contribution in [0, 0.1) is 18.3 Å². The highest BCUT2D eigenvalue weighted by molar-refractivity contribution is 7.98. The molecule has 1 amide bonds. The second kappa shape index (κ2) is 9.44. The van der Waals surface area contributed by atoms with Gasteiger partial charge in [0.15, 0.2) is 0 Å². The van der Waals surface area contributed by atoms with Crippen molar-refractivity contribution in [2.24, 2.45) is 0 Å². The third kappa shape index (κ3) is 5.82. The first-order chi connectivity index (χ1) is 13.9. The molecular formula is C21H23N3O3S2. The van der Waals surface area contributed by atoms with Gasteiger partial charge in [-0.05, 0) is 49.1 Å². The molecule has 6 nitrogen and oxygen atoms in total. The Morgan fingerprint density at radius 3 is 2.72 bits per heavy atom. The predicted molar refractivity (Wildman–Crippen MR) is 114 cm³/mol. The zero-order chi connectivity index (χ0) is 20.9. The fourth-order valence-corrected chi connectivity index (χ4v) is 4.96. The average molecular weight is 430 g/mol. The van der Waals surface area contributed by atoms with Crippen LogP contribution < -0.4 is 10.0 Å². The summed E-state index contributed by atoms with van der Waals surface area (Å²) in [6.45, 7) is 2.24. The number of benzene rings is 2. The standard InChI is InChI=1S/C21H23N3O3S2/c1-15-6-9-19(29(26,27)24-18-7-8-18)12-20(15)21(25)23-10-11-28-14-17-5-3-2-4-16(17)13-22/h2-6,9,12,18,24H,7-8,10-11,14H2,1H3,(H,23,25). The van der Waals surface area contributed by atoms with Crippen molar-refractivity contribution in [1.29, 1.82) is 5.26 Å². The van der Waals surface area contributed by atoms with Crippen LogP contribution in [0.1, 0.15) is 39.9 Å². The molecule has 3 rings (SSSR count). The summed E-state index contributed by atoms with van der Waals surface area (Å²) < 4.78 is 27.4. The van der Waals surface area contributed by atoms with Crippen LogP contribution in [-0.2, 0) is 15.8 Å². The summed E-state index contributed by atoms with van der Waals surface area (Å²) in [5, 5.41) is 12.0. The predicted octanol–water partition coefficient (Wildman–Crippen LogP) is 2.97. The molecule has 29 heavy (non-hydrogen) atoms. The van der Waals surface area contributed by atoms with Crippen molar-refractivity contribution in [3.05, 3.63) is 64.7 Å². The van der Waals surface area contributed by atoms with E-state index in [9.17, 15) is 13.2 Å². The summed E-state index contributed by atoms with van der Waals surface area (Å²) >= 11 is 1.63. The van der Waals surface area contributed by atoms with Crippen molar-refractivity contribution in [3.63, 3.8) is 0 Å².